The second-order valence-corrected chi connectivity index (χ2v) is 5.32. The number of hydrogen-bond acceptors (Lipinski definition) is 2. The summed E-state index contributed by atoms with van der Waals surface area (Å²) in [5, 5.41) is 14.4. The predicted molar refractivity (Wildman–Crippen MR) is 73.9 cm³/mol. The minimum atomic E-state index is 0.171. The second-order valence-electron chi connectivity index (χ2n) is 4.10. The van der Waals surface area contributed by atoms with Gasteiger partial charge in [0.05, 0.1) is 0 Å². The van der Waals surface area contributed by atoms with Gasteiger partial charge in [0, 0.05) is 17.5 Å². The fraction of sp³-hybridized carbons (Fsp3) is 0.286. The highest BCUT2D eigenvalue weighted by Gasteiger charge is 2.11. The van der Waals surface area contributed by atoms with Crippen molar-refractivity contribution in [3.63, 3.8) is 0 Å². The third-order valence-electron chi connectivity index (χ3n) is 2.90. The highest BCUT2D eigenvalue weighted by molar-refractivity contribution is 7.07. The van der Waals surface area contributed by atoms with Gasteiger partial charge in [0.1, 0.15) is 0 Å². The smallest absolute Gasteiger partial charge is 0.0499 e. The molecular weight excluding hydrogens is 252 g/mol. The zero-order valence-electron chi connectivity index (χ0n) is 9.47. The Balaban J connectivity index is 2.01. The summed E-state index contributed by atoms with van der Waals surface area (Å²) in [6, 6.07) is 9.90. The largest absolute Gasteiger partial charge is 0.396 e. The lowest BCUT2D eigenvalue weighted by atomic mass is 9.94. The summed E-state index contributed by atoms with van der Waals surface area (Å²) in [6.07, 6.45) is 1.95. The molecule has 1 heterocycles. The van der Waals surface area contributed by atoms with Crippen molar-refractivity contribution in [3.05, 3.63) is 57.2 Å². The van der Waals surface area contributed by atoms with Crippen LogP contribution in [0.5, 0.6) is 0 Å². The topological polar surface area (TPSA) is 20.2 Å². The fourth-order valence-electron chi connectivity index (χ4n) is 1.90. The van der Waals surface area contributed by atoms with Gasteiger partial charge in [0.2, 0.25) is 0 Å². The van der Waals surface area contributed by atoms with E-state index in [0.717, 1.165) is 23.4 Å². The van der Waals surface area contributed by atoms with Crippen LogP contribution >= 0.6 is 22.9 Å². The molecule has 1 unspecified atom stereocenters. The zero-order chi connectivity index (χ0) is 12.1. The molecule has 1 N–H and O–H groups in total. The van der Waals surface area contributed by atoms with Crippen molar-refractivity contribution >= 4 is 22.9 Å². The van der Waals surface area contributed by atoms with Crippen LogP contribution in [0.25, 0.3) is 0 Å². The van der Waals surface area contributed by atoms with Gasteiger partial charge in [0.25, 0.3) is 0 Å². The molecule has 90 valence electrons. The van der Waals surface area contributed by atoms with Crippen molar-refractivity contribution in [2.45, 2.75) is 18.8 Å². The van der Waals surface area contributed by atoms with Gasteiger partial charge in [-0.2, -0.15) is 11.3 Å². The number of halogens is 1. The van der Waals surface area contributed by atoms with Crippen molar-refractivity contribution in [3.8, 4) is 0 Å². The number of benzene rings is 1. The van der Waals surface area contributed by atoms with Gasteiger partial charge in [-0.05, 0) is 52.9 Å². The Kier molecular flexibility index (Phi) is 4.60. The van der Waals surface area contributed by atoms with E-state index in [9.17, 15) is 5.11 Å². The van der Waals surface area contributed by atoms with E-state index in [2.05, 4.69) is 16.8 Å². The minimum absolute atomic E-state index is 0.171. The zero-order valence-corrected chi connectivity index (χ0v) is 11.0. The Morgan fingerprint density at radius 3 is 2.82 bits per heavy atom. The van der Waals surface area contributed by atoms with E-state index in [1.165, 1.54) is 5.56 Å². The molecule has 0 aliphatic heterocycles. The monoisotopic (exact) mass is 266 g/mol. The first kappa shape index (κ1) is 12.6. The predicted octanol–water partition coefficient (Wildman–Crippen LogP) is 4.11. The summed E-state index contributed by atoms with van der Waals surface area (Å²) in [5.41, 5.74) is 2.46. The van der Waals surface area contributed by atoms with Crippen LogP contribution in [0.1, 0.15) is 23.5 Å². The van der Waals surface area contributed by atoms with E-state index in [1.807, 2.05) is 24.3 Å². The third kappa shape index (κ3) is 3.56. The third-order valence-corrected chi connectivity index (χ3v) is 3.87. The van der Waals surface area contributed by atoms with Crippen LogP contribution in [0, 0.1) is 0 Å². The molecule has 0 aliphatic rings. The van der Waals surface area contributed by atoms with E-state index in [0.29, 0.717) is 0 Å². The summed E-state index contributed by atoms with van der Waals surface area (Å²) in [7, 11) is 0. The Bertz CT molecular complexity index is 453. The number of aliphatic hydroxyl groups excluding tert-OH is 1. The Labute approximate surface area is 111 Å². The molecule has 0 spiro atoms. The molecule has 0 saturated heterocycles. The van der Waals surface area contributed by atoms with E-state index in [1.54, 1.807) is 11.3 Å². The normalized spacial score (nSPS) is 12.6. The molecule has 0 fully saturated rings. The average Bonchev–Trinajstić information content (AvgIpc) is 2.83. The summed E-state index contributed by atoms with van der Waals surface area (Å²) >= 11 is 7.68. The van der Waals surface area contributed by atoms with E-state index in [4.69, 9.17) is 11.6 Å². The van der Waals surface area contributed by atoms with Crippen LogP contribution in [0.15, 0.2) is 41.1 Å². The lowest BCUT2D eigenvalue weighted by molar-refractivity contribution is 0.259. The highest BCUT2D eigenvalue weighted by atomic mass is 35.5. The van der Waals surface area contributed by atoms with Crippen LogP contribution in [0.4, 0.5) is 0 Å². The first-order valence-corrected chi connectivity index (χ1v) is 6.99. The van der Waals surface area contributed by atoms with Crippen LogP contribution in [-0.4, -0.2) is 11.7 Å². The molecule has 1 aromatic heterocycles. The van der Waals surface area contributed by atoms with Crippen LogP contribution in [0.3, 0.4) is 0 Å². The quantitative estimate of drug-likeness (QED) is 0.864. The van der Waals surface area contributed by atoms with Crippen LogP contribution in [0.2, 0.25) is 5.02 Å². The van der Waals surface area contributed by atoms with Gasteiger partial charge in [0.15, 0.2) is 0 Å². The molecule has 0 aliphatic carbocycles. The molecule has 3 heteroatoms. The average molecular weight is 267 g/mol. The molecule has 17 heavy (non-hydrogen) atoms. The maximum absolute atomic E-state index is 9.46. The molecule has 1 aromatic carbocycles. The highest BCUT2D eigenvalue weighted by Crippen LogP contribution is 2.24. The Morgan fingerprint density at radius 2 is 2.18 bits per heavy atom. The number of thiophene rings is 1. The molecule has 0 amide bonds. The Morgan fingerprint density at radius 1 is 1.29 bits per heavy atom. The molecule has 0 bridgehead atoms. The van der Waals surface area contributed by atoms with Gasteiger partial charge in [-0.25, -0.2) is 0 Å². The van der Waals surface area contributed by atoms with Gasteiger partial charge in [-0.15, -0.1) is 0 Å². The standard InChI is InChI=1S/C14H15ClOS/c15-14-3-1-2-12(8-14)13(9-16)5-4-11-6-7-17-10-11/h1-3,6-8,10,13,16H,4-5,9H2. The van der Waals surface area contributed by atoms with Gasteiger partial charge < -0.3 is 5.11 Å². The Hall–Kier alpha value is -0.830. The SMILES string of the molecule is OCC(CCc1ccsc1)c1cccc(Cl)c1. The van der Waals surface area contributed by atoms with Crippen molar-refractivity contribution in [1.82, 2.24) is 0 Å². The van der Waals surface area contributed by atoms with E-state index in [-0.39, 0.29) is 12.5 Å². The first-order valence-electron chi connectivity index (χ1n) is 5.67. The van der Waals surface area contributed by atoms with Crippen LogP contribution in [-0.2, 0) is 6.42 Å². The van der Waals surface area contributed by atoms with E-state index >= 15 is 0 Å². The molecule has 2 rings (SSSR count). The second kappa shape index (κ2) is 6.20. The van der Waals surface area contributed by atoms with Crippen molar-refractivity contribution in [1.29, 1.82) is 0 Å². The molecular formula is C14H15ClOS. The van der Waals surface area contributed by atoms with Crippen molar-refractivity contribution in [2.75, 3.05) is 6.61 Å². The summed E-state index contributed by atoms with van der Waals surface area (Å²) in [6.45, 7) is 0.171. The van der Waals surface area contributed by atoms with Gasteiger partial charge in [-0.1, -0.05) is 23.7 Å². The van der Waals surface area contributed by atoms with Gasteiger partial charge >= 0.3 is 0 Å². The molecule has 1 atom stereocenters. The lowest BCUT2D eigenvalue weighted by Crippen LogP contribution is -2.05. The summed E-state index contributed by atoms with van der Waals surface area (Å²) in [4.78, 5) is 0. The number of rotatable bonds is 5. The summed E-state index contributed by atoms with van der Waals surface area (Å²) in [5.74, 6) is 0.175. The molecule has 0 saturated carbocycles. The molecule has 0 radical (unpaired) electrons. The molecule has 2 aromatic rings. The molecule has 1 nitrogen and oxygen atoms in total. The van der Waals surface area contributed by atoms with Gasteiger partial charge in [-0.3, -0.25) is 0 Å². The lowest BCUT2D eigenvalue weighted by Gasteiger charge is -2.14. The number of aliphatic hydroxyl groups is 1. The first-order chi connectivity index (χ1) is 8.29. The maximum Gasteiger partial charge on any atom is 0.0499 e. The van der Waals surface area contributed by atoms with Crippen molar-refractivity contribution in [2.24, 2.45) is 0 Å². The van der Waals surface area contributed by atoms with Crippen molar-refractivity contribution < 1.29 is 5.11 Å². The number of aryl methyl sites for hydroxylation is 1. The minimum Gasteiger partial charge on any atom is -0.396 e. The van der Waals surface area contributed by atoms with Crippen LogP contribution < -0.4 is 0 Å². The maximum atomic E-state index is 9.46. The number of hydrogen-bond donors (Lipinski definition) is 1. The fourth-order valence-corrected chi connectivity index (χ4v) is 2.80. The van der Waals surface area contributed by atoms with E-state index < -0.39 is 0 Å². The summed E-state index contributed by atoms with van der Waals surface area (Å²) < 4.78 is 0.